The molecule has 0 fully saturated rings. The van der Waals surface area contributed by atoms with E-state index in [2.05, 4.69) is 21.4 Å². The van der Waals surface area contributed by atoms with E-state index in [4.69, 9.17) is 23.2 Å². The summed E-state index contributed by atoms with van der Waals surface area (Å²) in [4.78, 5) is 8.50. The van der Waals surface area contributed by atoms with Crippen LogP contribution in [0.2, 0.25) is 10.3 Å². The number of anilines is 2. The minimum absolute atomic E-state index is 0.206. The van der Waals surface area contributed by atoms with Crippen LogP contribution in [0.15, 0.2) is 36.4 Å². The number of nitrogens with zero attached hydrogens (tertiary/aromatic N) is 2. The highest BCUT2D eigenvalue weighted by molar-refractivity contribution is 6.33. The van der Waals surface area contributed by atoms with Crippen molar-refractivity contribution in [2.45, 2.75) is 13.8 Å². The maximum absolute atomic E-state index is 6.34. The second-order valence-corrected chi connectivity index (χ2v) is 5.67. The van der Waals surface area contributed by atoms with Crippen molar-refractivity contribution in [2.75, 3.05) is 5.32 Å². The molecular weight excluding hydrogens is 305 g/mol. The van der Waals surface area contributed by atoms with Gasteiger partial charge in [0, 0.05) is 5.39 Å². The number of nitrogens with one attached hydrogen (secondary N) is 1. The van der Waals surface area contributed by atoms with Gasteiger partial charge in [-0.2, -0.15) is 4.98 Å². The third-order valence-electron chi connectivity index (χ3n) is 3.25. The summed E-state index contributed by atoms with van der Waals surface area (Å²) in [5, 5.41) is 5.05. The number of rotatable bonds is 2. The molecule has 0 aliphatic carbocycles. The van der Waals surface area contributed by atoms with Gasteiger partial charge in [0.05, 0.1) is 16.2 Å². The molecule has 1 N–H and O–H groups in total. The van der Waals surface area contributed by atoms with E-state index in [9.17, 15) is 0 Å². The van der Waals surface area contributed by atoms with Crippen molar-refractivity contribution >= 4 is 45.6 Å². The summed E-state index contributed by atoms with van der Waals surface area (Å²) < 4.78 is 0. The summed E-state index contributed by atoms with van der Waals surface area (Å²) in [7, 11) is 0. The Kier molecular flexibility index (Phi) is 3.70. The molecule has 3 aromatic rings. The van der Waals surface area contributed by atoms with Gasteiger partial charge in [-0.3, -0.25) is 0 Å². The van der Waals surface area contributed by atoms with Gasteiger partial charge in [-0.1, -0.05) is 29.8 Å². The lowest BCUT2D eigenvalue weighted by Crippen LogP contribution is -2.00. The molecule has 2 aromatic carbocycles. The molecule has 0 radical (unpaired) electrons. The minimum atomic E-state index is 0.206. The highest BCUT2D eigenvalue weighted by atomic mass is 35.5. The number of benzene rings is 2. The maximum Gasteiger partial charge on any atom is 0.224 e. The topological polar surface area (TPSA) is 37.8 Å². The van der Waals surface area contributed by atoms with E-state index in [1.807, 2.05) is 44.2 Å². The SMILES string of the molecule is Cc1cc(C)c(Nc2nc(Cl)nc3ccccc23)c(Cl)c1. The molecule has 106 valence electrons. The molecule has 5 heteroatoms. The Balaban J connectivity index is 2.15. The van der Waals surface area contributed by atoms with E-state index in [1.54, 1.807) is 0 Å². The molecule has 0 aliphatic heterocycles. The highest BCUT2D eigenvalue weighted by Crippen LogP contribution is 2.32. The quantitative estimate of drug-likeness (QED) is 0.652. The molecule has 1 heterocycles. The smallest absolute Gasteiger partial charge is 0.224 e. The van der Waals surface area contributed by atoms with Gasteiger partial charge in [-0.15, -0.1) is 0 Å². The van der Waals surface area contributed by atoms with Gasteiger partial charge in [0.25, 0.3) is 0 Å². The molecule has 0 spiro atoms. The molecule has 0 atom stereocenters. The van der Waals surface area contributed by atoms with Crippen molar-refractivity contribution in [3.63, 3.8) is 0 Å². The fourth-order valence-corrected chi connectivity index (χ4v) is 2.88. The Morgan fingerprint density at radius 3 is 2.52 bits per heavy atom. The van der Waals surface area contributed by atoms with Crippen LogP contribution < -0.4 is 5.32 Å². The zero-order valence-corrected chi connectivity index (χ0v) is 13.1. The van der Waals surface area contributed by atoms with Gasteiger partial charge in [0.1, 0.15) is 5.82 Å². The van der Waals surface area contributed by atoms with Crippen LogP contribution in [0.5, 0.6) is 0 Å². The number of fused-ring (bicyclic) bond motifs is 1. The van der Waals surface area contributed by atoms with Crippen LogP contribution in [-0.4, -0.2) is 9.97 Å². The molecule has 1 aromatic heterocycles. The monoisotopic (exact) mass is 317 g/mol. The average molecular weight is 318 g/mol. The summed E-state index contributed by atoms with van der Waals surface area (Å²) in [5.74, 6) is 0.652. The second-order valence-electron chi connectivity index (χ2n) is 4.92. The fourth-order valence-electron chi connectivity index (χ4n) is 2.34. The Bertz CT molecular complexity index is 808. The highest BCUT2D eigenvalue weighted by Gasteiger charge is 2.10. The van der Waals surface area contributed by atoms with Gasteiger partial charge < -0.3 is 5.32 Å². The Morgan fingerprint density at radius 2 is 1.76 bits per heavy atom. The first-order valence-electron chi connectivity index (χ1n) is 6.50. The lowest BCUT2D eigenvalue weighted by atomic mass is 10.1. The first kappa shape index (κ1) is 14.1. The van der Waals surface area contributed by atoms with Crippen LogP contribution in [0.1, 0.15) is 11.1 Å². The van der Waals surface area contributed by atoms with Crippen LogP contribution >= 0.6 is 23.2 Å². The van der Waals surface area contributed by atoms with Crippen molar-refractivity contribution < 1.29 is 0 Å². The predicted octanol–water partition coefficient (Wildman–Crippen LogP) is 5.30. The van der Waals surface area contributed by atoms with E-state index in [1.165, 1.54) is 0 Å². The van der Waals surface area contributed by atoms with E-state index in [-0.39, 0.29) is 5.28 Å². The number of hydrogen-bond donors (Lipinski definition) is 1. The molecule has 0 amide bonds. The Morgan fingerprint density at radius 1 is 1.00 bits per heavy atom. The molecule has 0 saturated carbocycles. The third kappa shape index (κ3) is 2.80. The van der Waals surface area contributed by atoms with Crippen molar-refractivity contribution in [1.29, 1.82) is 0 Å². The average Bonchev–Trinajstić information content (AvgIpc) is 2.42. The lowest BCUT2D eigenvalue weighted by molar-refractivity contribution is 1.21. The molecule has 3 rings (SSSR count). The van der Waals surface area contributed by atoms with Crippen LogP contribution in [0.4, 0.5) is 11.5 Å². The first-order valence-corrected chi connectivity index (χ1v) is 7.26. The third-order valence-corrected chi connectivity index (χ3v) is 3.72. The molecule has 0 unspecified atom stereocenters. The van der Waals surface area contributed by atoms with Crippen LogP contribution in [0.3, 0.4) is 0 Å². The van der Waals surface area contributed by atoms with E-state index in [0.717, 1.165) is 27.7 Å². The molecule has 3 nitrogen and oxygen atoms in total. The molecule has 0 saturated heterocycles. The summed E-state index contributed by atoms with van der Waals surface area (Å²) in [6, 6.07) is 11.7. The number of halogens is 2. The standard InChI is InChI=1S/C16H13Cl2N3/c1-9-7-10(2)14(12(17)8-9)20-15-11-5-3-4-6-13(11)19-16(18)21-15/h3-8H,1-2H3,(H,19,20,21). The summed E-state index contributed by atoms with van der Waals surface area (Å²) >= 11 is 12.3. The van der Waals surface area contributed by atoms with Gasteiger partial charge in [0.15, 0.2) is 0 Å². The van der Waals surface area contributed by atoms with Gasteiger partial charge in [-0.25, -0.2) is 4.98 Å². The van der Waals surface area contributed by atoms with E-state index in [0.29, 0.717) is 10.8 Å². The number of aryl methyl sites for hydroxylation is 2. The van der Waals surface area contributed by atoms with E-state index >= 15 is 0 Å². The van der Waals surface area contributed by atoms with Gasteiger partial charge in [0.2, 0.25) is 5.28 Å². The largest absolute Gasteiger partial charge is 0.338 e. The first-order chi connectivity index (χ1) is 10.0. The van der Waals surface area contributed by atoms with E-state index < -0.39 is 0 Å². The van der Waals surface area contributed by atoms with Crippen LogP contribution in [0.25, 0.3) is 10.9 Å². The van der Waals surface area contributed by atoms with Crippen molar-refractivity contribution in [3.8, 4) is 0 Å². The van der Waals surface area contributed by atoms with Gasteiger partial charge in [-0.05, 0) is 54.8 Å². The Hall–Kier alpha value is -1.84. The van der Waals surface area contributed by atoms with Crippen molar-refractivity contribution in [1.82, 2.24) is 9.97 Å². The van der Waals surface area contributed by atoms with Crippen molar-refractivity contribution in [2.24, 2.45) is 0 Å². The number of para-hydroxylation sites is 1. The molecule has 21 heavy (non-hydrogen) atoms. The van der Waals surface area contributed by atoms with Crippen LogP contribution in [-0.2, 0) is 0 Å². The maximum atomic E-state index is 6.34. The summed E-state index contributed by atoms with van der Waals surface area (Å²) in [6.45, 7) is 4.02. The number of hydrogen-bond acceptors (Lipinski definition) is 3. The van der Waals surface area contributed by atoms with Crippen LogP contribution in [0, 0.1) is 13.8 Å². The second kappa shape index (κ2) is 5.51. The predicted molar refractivity (Wildman–Crippen MR) is 88.8 cm³/mol. The summed E-state index contributed by atoms with van der Waals surface area (Å²) in [6.07, 6.45) is 0. The molecule has 0 bridgehead atoms. The lowest BCUT2D eigenvalue weighted by Gasteiger charge is -2.13. The fraction of sp³-hybridized carbons (Fsp3) is 0.125. The minimum Gasteiger partial charge on any atom is -0.338 e. The van der Waals surface area contributed by atoms with Crippen molar-refractivity contribution in [3.05, 3.63) is 57.8 Å². The number of aromatic nitrogens is 2. The summed E-state index contributed by atoms with van der Waals surface area (Å²) in [5.41, 5.74) is 3.80. The van der Waals surface area contributed by atoms with Gasteiger partial charge >= 0.3 is 0 Å². The zero-order chi connectivity index (χ0) is 15.0. The Labute approximate surface area is 132 Å². The molecule has 0 aliphatic rings. The molecular formula is C16H13Cl2N3. The zero-order valence-electron chi connectivity index (χ0n) is 11.6. The normalized spacial score (nSPS) is 10.9.